The van der Waals surface area contributed by atoms with Gasteiger partial charge >= 0.3 is 0 Å². The maximum absolute atomic E-state index is 5.60. The molecule has 0 bridgehead atoms. The molecule has 0 aliphatic heterocycles. The van der Waals surface area contributed by atoms with Gasteiger partial charge in [-0.3, -0.25) is 0 Å². The van der Waals surface area contributed by atoms with Gasteiger partial charge in [-0.15, -0.1) is 0 Å². The predicted octanol–water partition coefficient (Wildman–Crippen LogP) is 1.08. The summed E-state index contributed by atoms with van der Waals surface area (Å²) in [5, 5.41) is 0.769. The maximum Gasteiger partial charge on any atom is 0.141 e. The molecule has 0 fully saturated rings. The van der Waals surface area contributed by atoms with Gasteiger partial charge in [-0.25, -0.2) is 9.97 Å². The molecule has 11 heavy (non-hydrogen) atoms. The van der Waals surface area contributed by atoms with E-state index in [9.17, 15) is 0 Å². The summed E-state index contributed by atoms with van der Waals surface area (Å²) in [5.41, 5.74) is 1.64. The van der Waals surface area contributed by atoms with Crippen molar-refractivity contribution in [3.05, 3.63) is 37.6 Å². The van der Waals surface area contributed by atoms with Gasteiger partial charge in [0.1, 0.15) is 12.0 Å². The van der Waals surface area contributed by atoms with E-state index < -0.39 is 0 Å². The molecule has 0 saturated heterocycles. The van der Waals surface area contributed by atoms with Gasteiger partial charge in [-0.1, -0.05) is 0 Å². The highest BCUT2D eigenvalue weighted by Crippen LogP contribution is 2.16. The SMILES string of the molecule is [CH]c1[nH]c2ncncc2c1[CH]. The lowest BCUT2D eigenvalue weighted by molar-refractivity contribution is 1.20. The first-order valence-corrected chi connectivity index (χ1v) is 3.11. The second-order valence-corrected chi connectivity index (χ2v) is 2.24. The second-order valence-electron chi connectivity index (χ2n) is 2.24. The van der Waals surface area contributed by atoms with Crippen molar-refractivity contribution in [1.82, 2.24) is 15.0 Å². The minimum absolute atomic E-state index is 0.445. The topological polar surface area (TPSA) is 41.6 Å². The van der Waals surface area contributed by atoms with Crippen LogP contribution in [0.25, 0.3) is 11.0 Å². The molecule has 4 radical (unpaired) electrons. The van der Waals surface area contributed by atoms with Crippen molar-refractivity contribution in [2.24, 2.45) is 0 Å². The number of hydrogen-bond donors (Lipinski definition) is 1. The molecular formula is C8H5N3. The quantitative estimate of drug-likeness (QED) is 0.599. The summed E-state index contributed by atoms with van der Waals surface area (Å²) in [5.74, 6) is 0. The average molecular weight is 143 g/mol. The molecule has 2 rings (SSSR count). The molecule has 0 aliphatic rings. The smallest absolute Gasteiger partial charge is 0.141 e. The highest BCUT2D eigenvalue weighted by atomic mass is 14.9. The molecule has 0 saturated carbocycles. The van der Waals surface area contributed by atoms with Crippen molar-refractivity contribution in [2.45, 2.75) is 0 Å². The molecule has 3 nitrogen and oxygen atoms in total. The number of nitrogens with zero attached hydrogens (tertiary/aromatic N) is 2. The van der Waals surface area contributed by atoms with Crippen molar-refractivity contribution >= 4 is 11.0 Å². The Morgan fingerprint density at radius 1 is 1.36 bits per heavy atom. The van der Waals surface area contributed by atoms with Crippen LogP contribution in [0.15, 0.2) is 12.5 Å². The van der Waals surface area contributed by atoms with Gasteiger partial charge in [-0.05, 0) is 5.56 Å². The zero-order valence-electron chi connectivity index (χ0n) is 5.70. The van der Waals surface area contributed by atoms with E-state index in [2.05, 4.69) is 15.0 Å². The lowest BCUT2D eigenvalue weighted by atomic mass is 10.2. The highest BCUT2D eigenvalue weighted by molar-refractivity contribution is 5.81. The van der Waals surface area contributed by atoms with Crippen LogP contribution in [0, 0.1) is 13.8 Å². The third-order valence-corrected chi connectivity index (χ3v) is 1.55. The van der Waals surface area contributed by atoms with Crippen molar-refractivity contribution in [3.63, 3.8) is 0 Å². The van der Waals surface area contributed by atoms with E-state index in [-0.39, 0.29) is 0 Å². The molecule has 0 amide bonds. The Kier molecular flexibility index (Phi) is 1.18. The number of rotatable bonds is 0. The Morgan fingerprint density at radius 3 is 2.91 bits per heavy atom. The lowest BCUT2D eigenvalue weighted by Crippen LogP contribution is -1.76. The van der Waals surface area contributed by atoms with Crippen molar-refractivity contribution in [2.75, 3.05) is 0 Å². The van der Waals surface area contributed by atoms with Gasteiger partial charge in [0.15, 0.2) is 0 Å². The number of nitrogens with one attached hydrogen (secondary N) is 1. The molecule has 52 valence electrons. The molecule has 2 aromatic heterocycles. The van der Waals surface area contributed by atoms with Crippen LogP contribution in [0.2, 0.25) is 0 Å². The van der Waals surface area contributed by atoms with Crippen molar-refractivity contribution in [1.29, 1.82) is 0 Å². The van der Waals surface area contributed by atoms with E-state index >= 15 is 0 Å². The normalized spacial score (nSPS) is 10.7. The lowest BCUT2D eigenvalue weighted by Gasteiger charge is -1.85. The summed E-state index contributed by atoms with van der Waals surface area (Å²) >= 11 is 0. The molecular weight excluding hydrogens is 138 g/mol. The highest BCUT2D eigenvalue weighted by Gasteiger charge is 2.03. The summed E-state index contributed by atoms with van der Waals surface area (Å²) in [7, 11) is 0. The molecule has 0 aromatic carbocycles. The van der Waals surface area contributed by atoms with E-state index in [1.165, 1.54) is 6.33 Å². The first kappa shape index (κ1) is 6.34. The van der Waals surface area contributed by atoms with Crippen molar-refractivity contribution in [3.8, 4) is 0 Å². The van der Waals surface area contributed by atoms with Gasteiger partial charge in [0.25, 0.3) is 0 Å². The van der Waals surface area contributed by atoms with Crippen LogP contribution in [0.1, 0.15) is 11.3 Å². The molecule has 2 aromatic rings. The summed E-state index contributed by atoms with van der Waals surface area (Å²) in [4.78, 5) is 10.6. The van der Waals surface area contributed by atoms with Crippen molar-refractivity contribution < 1.29 is 0 Å². The minimum Gasteiger partial charge on any atom is -0.343 e. The summed E-state index contributed by atoms with van der Waals surface area (Å²) in [6, 6.07) is 0. The third kappa shape index (κ3) is 0.808. The van der Waals surface area contributed by atoms with Crippen LogP contribution < -0.4 is 0 Å². The van der Waals surface area contributed by atoms with E-state index in [1.54, 1.807) is 6.20 Å². The fraction of sp³-hybridized carbons (Fsp3) is 0. The second kappa shape index (κ2) is 2.05. The van der Waals surface area contributed by atoms with Gasteiger partial charge in [0.05, 0.1) is 0 Å². The fourth-order valence-electron chi connectivity index (χ4n) is 0.966. The molecule has 0 aliphatic carbocycles. The molecule has 1 N–H and O–H groups in total. The molecule has 0 spiro atoms. The minimum atomic E-state index is 0.445. The standard InChI is InChI=1S/C8H5N3/c1-5-6(2)11-8-7(5)3-9-4-10-8/h1-4H,(H,9,10,11). The van der Waals surface area contributed by atoms with E-state index in [0.29, 0.717) is 16.9 Å². The molecule has 3 heteroatoms. The van der Waals surface area contributed by atoms with Gasteiger partial charge in [-0.2, -0.15) is 0 Å². The summed E-state index contributed by atoms with van der Waals surface area (Å²) in [6.45, 7) is 11.1. The fourth-order valence-corrected chi connectivity index (χ4v) is 0.966. The van der Waals surface area contributed by atoms with Crippen LogP contribution in [0.5, 0.6) is 0 Å². The first-order valence-electron chi connectivity index (χ1n) is 3.11. The van der Waals surface area contributed by atoms with Crippen LogP contribution in [0.4, 0.5) is 0 Å². The van der Waals surface area contributed by atoms with Crippen LogP contribution in [-0.2, 0) is 0 Å². The monoisotopic (exact) mass is 143 g/mol. The Labute approximate surface area is 64.5 Å². The van der Waals surface area contributed by atoms with E-state index in [0.717, 1.165) is 5.39 Å². The zero-order chi connectivity index (χ0) is 7.84. The number of hydrogen-bond acceptors (Lipinski definition) is 2. The average Bonchev–Trinajstić information content (AvgIpc) is 2.30. The summed E-state index contributed by atoms with van der Waals surface area (Å²) in [6.07, 6.45) is 3.07. The predicted molar refractivity (Wildman–Crippen MR) is 40.7 cm³/mol. The Hall–Kier alpha value is -1.38. The van der Waals surface area contributed by atoms with E-state index in [4.69, 9.17) is 13.8 Å². The maximum atomic E-state index is 5.60. The van der Waals surface area contributed by atoms with Crippen LogP contribution in [0.3, 0.4) is 0 Å². The molecule has 0 unspecified atom stereocenters. The number of aromatic amines is 1. The number of H-pyrrole nitrogens is 1. The zero-order valence-corrected chi connectivity index (χ0v) is 5.70. The first-order chi connectivity index (χ1) is 5.29. The van der Waals surface area contributed by atoms with Gasteiger partial charge < -0.3 is 4.98 Å². The largest absolute Gasteiger partial charge is 0.343 e. The number of aromatic nitrogens is 3. The van der Waals surface area contributed by atoms with Gasteiger partial charge in [0, 0.05) is 31.1 Å². The van der Waals surface area contributed by atoms with E-state index in [1.807, 2.05) is 0 Å². The number of fused-ring (bicyclic) bond motifs is 1. The summed E-state index contributed by atoms with van der Waals surface area (Å²) < 4.78 is 0. The molecule has 0 atom stereocenters. The third-order valence-electron chi connectivity index (χ3n) is 1.55. The Balaban J connectivity index is 2.92. The molecule has 2 heterocycles. The Bertz CT molecular complexity index is 389. The Morgan fingerprint density at radius 2 is 2.18 bits per heavy atom. The van der Waals surface area contributed by atoms with Crippen LogP contribution >= 0.6 is 0 Å². The van der Waals surface area contributed by atoms with Crippen LogP contribution in [-0.4, -0.2) is 15.0 Å². The van der Waals surface area contributed by atoms with Gasteiger partial charge in [0.2, 0.25) is 0 Å².